The normalized spacial score (nSPS) is 12.3. The second-order valence-electron chi connectivity index (χ2n) is 5.64. The van der Waals surface area contributed by atoms with E-state index in [0.717, 1.165) is 0 Å². The Balaban J connectivity index is 2.71. The third kappa shape index (κ3) is 7.43. The van der Waals surface area contributed by atoms with Crippen LogP contribution < -0.4 is 10.1 Å². The fraction of sp³-hybridized carbons (Fsp3) is 0.467. The summed E-state index contributed by atoms with van der Waals surface area (Å²) in [6, 6.07) is 3.59. The van der Waals surface area contributed by atoms with Crippen LogP contribution in [0.15, 0.2) is 18.2 Å². The van der Waals surface area contributed by atoms with Gasteiger partial charge in [0.2, 0.25) is 0 Å². The number of nitrogens with one attached hydrogen (secondary N) is 1. The average molecular weight is 364 g/mol. The summed E-state index contributed by atoms with van der Waals surface area (Å²) in [4.78, 5) is 23.5. The maximum Gasteiger partial charge on any atom is 0.408 e. The number of alkyl carbamates (subject to hydrolysis) is 1. The van der Waals surface area contributed by atoms with E-state index in [-0.39, 0.29) is 6.61 Å². The Morgan fingerprint density at radius 2 is 1.74 bits per heavy atom. The van der Waals surface area contributed by atoms with E-state index in [9.17, 15) is 9.59 Å². The first-order valence-electron chi connectivity index (χ1n) is 6.77. The predicted molar refractivity (Wildman–Crippen MR) is 87.1 cm³/mol. The van der Waals surface area contributed by atoms with Gasteiger partial charge in [0.1, 0.15) is 18.0 Å². The molecule has 8 heteroatoms. The van der Waals surface area contributed by atoms with Crippen molar-refractivity contribution in [2.24, 2.45) is 0 Å². The molecule has 128 valence electrons. The highest BCUT2D eigenvalue weighted by atomic mass is 35.5. The minimum Gasteiger partial charge on any atom is -0.491 e. The van der Waals surface area contributed by atoms with Crippen molar-refractivity contribution in [1.29, 1.82) is 0 Å². The van der Waals surface area contributed by atoms with Crippen LogP contribution in [0.4, 0.5) is 4.79 Å². The zero-order chi connectivity index (χ0) is 17.6. The van der Waals surface area contributed by atoms with Gasteiger partial charge in [0.25, 0.3) is 0 Å². The van der Waals surface area contributed by atoms with Crippen LogP contribution in [0.5, 0.6) is 5.75 Å². The van der Waals surface area contributed by atoms with Gasteiger partial charge in [-0.15, -0.1) is 0 Å². The number of carbonyl (C=O) groups excluding carboxylic acids is 2. The predicted octanol–water partition coefficient (Wildman–Crippen LogP) is 3.44. The summed E-state index contributed by atoms with van der Waals surface area (Å²) < 4.78 is 15.2. The van der Waals surface area contributed by atoms with Gasteiger partial charge in [0.05, 0.1) is 7.11 Å². The molecule has 1 aromatic rings. The number of carbonyl (C=O) groups is 2. The van der Waals surface area contributed by atoms with Crippen LogP contribution in [0.25, 0.3) is 0 Å². The first-order chi connectivity index (χ1) is 10.6. The molecule has 0 aliphatic carbocycles. The summed E-state index contributed by atoms with van der Waals surface area (Å²) in [5, 5.41) is 3.18. The van der Waals surface area contributed by atoms with Gasteiger partial charge in [0, 0.05) is 10.0 Å². The van der Waals surface area contributed by atoms with E-state index in [1.54, 1.807) is 26.8 Å². The second kappa shape index (κ2) is 8.26. The van der Waals surface area contributed by atoms with E-state index in [0.29, 0.717) is 15.8 Å². The molecule has 0 saturated carbocycles. The van der Waals surface area contributed by atoms with Crippen molar-refractivity contribution in [3.8, 4) is 5.75 Å². The lowest BCUT2D eigenvalue weighted by Crippen LogP contribution is -2.47. The molecule has 1 amide bonds. The Morgan fingerprint density at radius 1 is 1.17 bits per heavy atom. The first-order valence-corrected chi connectivity index (χ1v) is 7.52. The van der Waals surface area contributed by atoms with Gasteiger partial charge in [-0.3, -0.25) is 0 Å². The monoisotopic (exact) mass is 363 g/mol. The standard InChI is InChI=1S/C15H19Cl2NO5/c1-15(2,3)23-14(20)18-12(13(19)21-4)8-22-11-6-9(16)5-10(17)7-11/h5-7,12H,8H2,1-4H3,(H,18,20)/t12-/m1/s1. The van der Waals surface area contributed by atoms with Crippen molar-refractivity contribution in [3.63, 3.8) is 0 Å². The average Bonchev–Trinajstić information content (AvgIpc) is 2.39. The number of hydrogen-bond acceptors (Lipinski definition) is 5. The fourth-order valence-electron chi connectivity index (χ4n) is 1.55. The SMILES string of the molecule is COC(=O)[C@@H](COc1cc(Cl)cc(Cl)c1)NC(=O)OC(C)(C)C. The van der Waals surface area contributed by atoms with Gasteiger partial charge in [-0.25, -0.2) is 9.59 Å². The molecule has 0 fully saturated rings. The maximum atomic E-state index is 11.8. The zero-order valence-corrected chi connectivity index (χ0v) is 14.8. The quantitative estimate of drug-likeness (QED) is 0.811. The van der Waals surface area contributed by atoms with Crippen molar-refractivity contribution in [2.45, 2.75) is 32.4 Å². The minimum absolute atomic E-state index is 0.164. The van der Waals surface area contributed by atoms with Crippen LogP contribution >= 0.6 is 23.2 Å². The molecule has 0 heterocycles. The number of benzene rings is 1. The van der Waals surface area contributed by atoms with Crippen LogP contribution in [0.1, 0.15) is 20.8 Å². The summed E-state index contributed by atoms with van der Waals surface area (Å²) in [5.41, 5.74) is -0.688. The summed E-state index contributed by atoms with van der Waals surface area (Å²) in [5.74, 6) is -0.300. The molecule has 0 aliphatic rings. The molecule has 23 heavy (non-hydrogen) atoms. The number of rotatable bonds is 5. The Morgan fingerprint density at radius 3 is 2.22 bits per heavy atom. The van der Waals surface area contributed by atoms with Crippen molar-refractivity contribution >= 4 is 35.3 Å². The van der Waals surface area contributed by atoms with Gasteiger partial charge in [-0.1, -0.05) is 23.2 Å². The summed E-state index contributed by atoms with van der Waals surface area (Å²) in [6.07, 6.45) is -0.749. The molecule has 0 unspecified atom stereocenters. The van der Waals surface area contributed by atoms with Gasteiger partial charge < -0.3 is 19.5 Å². The van der Waals surface area contributed by atoms with E-state index in [1.165, 1.54) is 19.2 Å². The third-order valence-corrected chi connectivity index (χ3v) is 2.87. The molecule has 0 radical (unpaired) electrons. The number of hydrogen-bond donors (Lipinski definition) is 1. The van der Waals surface area contributed by atoms with Gasteiger partial charge in [-0.05, 0) is 39.0 Å². The molecular formula is C15H19Cl2NO5. The lowest BCUT2D eigenvalue weighted by molar-refractivity contribution is -0.143. The van der Waals surface area contributed by atoms with E-state index in [4.69, 9.17) is 32.7 Å². The van der Waals surface area contributed by atoms with Gasteiger partial charge >= 0.3 is 12.1 Å². The molecule has 1 aromatic carbocycles. The first kappa shape index (κ1) is 19.4. The van der Waals surface area contributed by atoms with Crippen molar-refractivity contribution < 1.29 is 23.8 Å². The summed E-state index contributed by atoms with van der Waals surface area (Å²) in [6.45, 7) is 4.97. The van der Waals surface area contributed by atoms with Gasteiger partial charge in [0.15, 0.2) is 6.04 Å². The van der Waals surface area contributed by atoms with Crippen molar-refractivity contribution in [2.75, 3.05) is 13.7 Å². The zero-order valence-electron chi connectivity index (χ0n) is 13.3. The molecule has 0 aliphatic heterocycles. The molecule has 0 saturated heterocycles. The topological polar surface area (TPSA) is 73.9 Å². The summed E-state index contributed by atoms with van der Waals surface area (Å²) >= 11 is 11.7. The number of halogens is 2. The molecule has 1 rings (SSSR count). The highest BCUT2D eigenvalue weighted by Crippen LogP contribution is 2.24. The van der Waals surface area contributed by atoms with Crippen molar-refractivity contribution in [1.82, 2.24) is 5.32 Å². The Labute approximate surface area is 145 Å². The maximum absolute atomic E-state index is 11.8. The molecular weight excluding hydrogens is 345 g/mol. The van der Waals surface area contributed by atoms with Crippen LogP contribution in [0, 0.1) is 0 Å². The van der Waals surface area contributed by atoms with Crippen LogP contribution in [-0.2, 0) is 14.3 Å². The van der Waals surface area contributed by atoms with Crippen molar-refractivity contribution in [3.05, 3.63) is 28.2 Å². The molecule has 0 aromatic heterocycles. The molecule has 1 atom stereocenters. The lowest BCUT2D eigenvalue weighted by Gasteiger charge is -2.22. The number of esters is 1. The van der Waals surface area contributed by atoms with Crippen LogP contribution in [0.3, 0.4) is 0 Å². The molecule has 0 spiro atoms. The Hall–Kier alpha value is -1.66. The largest absolute Gasteiger partial charge is 0.491 e. The van der Waals surface area contributed by atoms with E-state index in [1.807, 2.05) is 0 Å². The highest BCUT2D eigenvalue weighted by Gasteiger charge is 2.25. The number of amides is 1. The summed E-state index contributed by atoms with van der Waals surface area (Å²) in [7, 11) is 1.21. The highest BCUT2D eigenvalue weighted by molar-refractivity contribution is 6.34. The van der Waals surface area contributed by atoms with Crippen LogP contribution in [0.2, 0.25) is 10.0 Å². The van der Waals surface area contributed by atoms with E-state index in [2.05, 4.69) is 10.1 Å². The fourth-order valence-corrected chi connectivity index (χ4v) is 2.06. The molecule has 1 N–H and O–H groups in total. The second-order valence-corrected chi connectivity index (χ2v) is 6.51. The Bertz CT molecular complexity index is 551. The third-order valence-electron chi connectivity index (χ3n) is 2.43. The number of ether oxygens (including phenoxy) is 3. The van der Waals surface area contributed by atoms with E-state index >= 15 is 0 Å². The lowest BCUT2D eigenvalue weighted by atomic mass is 10.2. The van der Waals surface area contributed by atoms with E-state index < -0.39 is 23.7 Å². The Kier molecular flexibility index (Phi) is 6.97. The number of methoxy groups -OCH3 is 1. The molecule has 6 nitrogen and oxygen atoms in total. The molecule has 0 bridgehead atoms. The minimum atomic E-state index is -1.03. The smallest absolute Gasteiger partial charge is 0.408 e. The van der Waals surface area contributed by atoms with Gasteiger partial charge in [-0.2, -0.15) is 0 Å². The van der Waals surface area contributed by atoms with Crippen LogP contribution in [-0.4, -0.2) is 37.4 Å².